The fourth-order valence-corrected chi connectivity index (χ4v) is 0.936. The second-order valence-electron chi connectivity index (χ2n) is 2.64. The molecule has 0 aliphatic rings. The van der Waals surface area contributed by atoms with E-state index in [2.05, 4.69) is 22.9 Å². The molecule has 0 saturated heterocycles. The average Bonchev–Trinajstić information content (AvgIpc) is 2.16. The third kappa shape index (κ3) is 3.86. The Morgan fingerprint density at radius 1 is 1.36 bits per heavy atom. The topological polar surface area (TPSA) is 67.1 Å². The molecule has 1 aromatic rings. The standard InChI is InChI=1S/C9H11N3OS/c10-8(14)6-11-9(13)12-7-4-2-1-3-5-7/h1-5H,6H2,(H2,10,14)(H2,11,12,13). The van der Waals surface area contributed by atoms with Gasteiger partial charge in [0.05, 0.1) is 11.5 Å². The van der Waals surface area contributed by atoms with Crippen molar-refractivity contribution in [2.45, 2.75) is 0 Å². The van der Waals surface area contributed by atoms with Crippen LogP contribution in [-0.4, -0.2) is 17.6 Å². The maximum absolute atomic E-state index is 11.2. The summed E-state index contributed by atoms with van der Waals surface area (Å²) in [5.41, 5.74) is 5.95. The van der Waals surface area contributed by atoms with Crippen LogP contribution in [0.3, 0.4) is 0 Å². The number of amides is 2. The van der Waals surface area contributed by atoms with Crippen molar-refractivity contribution in [3.63, 3.8) is 0 Å². The highest BCUT2D eigenvalue weighted by molar-refractivity contribution is 7.80. The summed E-state index contributed by atoms with van der Waals surface area (Å²) in [6.07, 6.45) is 0. The third-order valence-electron chi connectivity index (χ3n) is 1.45. The molecule has 0 unspecified atom stereocenters. The summed E-state index contributed by atoms with van der Waals surface area (Å²) in [4.78, 5) is 11.4. The molecule has 0 aromatic heterocycles. The number of urea groups is 1. The van der Waals surface area contributed by atoms with Gasteiger partial charge in [-0.15, -0.1) is 0 Å². The lowest BCUT2D eigenvalue weighted by atomic mass is 10.3. The number of anilines is 1. The number of carbonyl (C=O) groups is 1. The summed E-state index contributed by atoms with van der Waals surface area (Å²) in [5.74, 6) is 0. The first-order chi connectivity index (χ1) is 6.68. The molecule has 0 saturated carbocycles. The van der Waals surface area contributed by atoms with Gasteiger partial charge in [-0.25, -0.2) is 4.79 Å². The zero-order valence-electron chi connectivity index (χ0n) is 7.49. The highest BCUT2D eigenvalue weighted by Crippen LogP contribution is 2.03. The smallest absolute Gasteiger partial charge is 0.319 e. The molecular formula is C9H11N3OS. The van der Waals surface area contributed by atoms with Crippen LogP contribution < -0.4 is 16.4 Å². The van der Waals surface area contributed by atoms with Gasteiger partial charge in [-0.05, 0) is 12.1 Å². The van der Waals surface area contributed by atoms with Crippen molar-refractivity contribution in [1.29, 1.82) is 0 Å². The van der Waals surface area contributed by atoms with E-state index in [9.17, 15) is 4.79 Å². The van der Waals surface area contributed by atoms with Crippen LogP contribution in [0.15, 0.2) is 30.3 Å². The number of hydrogen-bond acceptors (Lipinski definition) is 2. The Balaban J connectivity index is 2.38. The van der Waals surface area contributed by atoms with Crippen molar-refractivity contribution >= 4 is 28.9 Å². The van der Waals surface area contributed by atoms with E-state index in [1.54, 1.807) is 12.1 Å². The third-order valence-corrected chi connectivity index (χ3v) is 1.60. The molecular weight excluding hydrogens is 198 g/mol. The SMILES string of the molecule is NC(=S)CNC(=O)Nc1ccccc1. The van der Waals surface area contributed by atoms with Gasteiger partial charge in [-0.1, -0.05) is 30.4 Å². The summed E-state index contributed by atoms with van der Waals surface area (Å²) in [6.45, 7) is 0.202. The summed E-state index contributed by atoms with van der Waals surface area (Å²) in [5, 5.41) is 5.15. The number of thiocarbonyl (C=S) groups is 1. The highest BCUT2D eigenvalue weighted by Gasteiger charge is 1.99. The van der Waals surface area contributed by atoms with E-state index in [4.69, 9.17) is 5.73 Å². The van der Waals surface area contributed by atoms with Gasteiger partial charge in [0.1, 0.15) is 0 Å². The summed E-state index contributed by atoms with van der Waals surface area (Å²) < 4.78 is 0. The fourth-order valence-electron chi connectivity index (χ4n) is 0.864. The number of hydrogen-bond donors (Lipinski definition) is 3. The fraction of sp³-hybridized carbons (Fsp3) is 0.111. The van der Waals surface area contributed by atoms with E-state index in [-0.39, 0.29) is 17.6 Å². The maximum atomic E-state index is 11.2. The number of benzene rings is 1. The molecule has 0 spiro atoms. The molecule has 0 heterocycles. The molecule has 5 heteroatoms. The lowest BCUT2D eigenvalue weighted by molar-refractivity contribution is 0.253. The molecule has 1 rings (SSSR count). The summed E-state index contributed by atoms with van der Waals surface area (Å²) in [7, 11) is 0. The van der Waals surface area contributed by atoms with E-state index in [1.165, 1.54) is 0 Å². The number of para-hydroxylation sites is 1. The van der Waals surface area contributed by atoms with Crippen LogP contribution in [0.1, 0.15) is 0 Å². The van der Waals surface area contributed by atoms with E-state index in [1.807, 2.05) is 18.2 Å². The van der Waals surface area contributed by atoms with Gasteiger partial charge >= 0.3 is 6.03 Å². The Morgan fingerprint density at radius 3 is 2.57 bits per heavy atom. The molecule has 0 radical (unpaired) electrons. The Hall–Kier alpha value is -1.62. The van der Waals surface area contributed by atoms with Gasteiger partial charge in [0.15, 0.2) is 0 Å². The minimum Gasteiger partial charge on any atom is -0.392 e. The van der Waals surface area contributed by atoms with Gasteiger partial charge in [0, 0.05) is 5.69 Å². The monoisotopic (exact) mass is 209 g/mol. The molecule has 0 fully saturated rings. The molecule has 1 aromatic carbocycles. The van der Waals surface area contributed by atoms with Crippen LogP contribution in [0, 0.1) is 0 Å². The average molecular weight is 209 g/mol. The minimum absolute atomic E-state index is 0.202. The van der Waals surface area contributed by atoms with Crippen LogP contribution in [0.2, 0.25) is 0 Å². The van der Waals surface area contributed by atoms with Gasteiger partial charge < -0.3 is 16.4 Å². The van der Waals surface area contributed by atoms with Gasteiger partial charge in [0.25, 0.3) is 0 Å². The van der Waals surface area contributed by atoms with Crippen molar-refractivity contribution in [3.05, 3.63) is 30.3 Å². The predicted octanol–water partition coefficient (Wildman–Crippen LogP) is 1.09. The molecule has 4 N–H and O–H groups in total. The Kier molecular flexibility index (Phi) is 3.87. The van der Waals surface area contributed by atoms with Crippen molar-refractivity contribution in [2.24, 2.45) is 5.73 Å². The van der Waals surface area contributed by atoms with Crippen LogP contribution in [0.4, 0.5) is 10.5 Å². The van der Waals surface area contributed by atoms with Crippen molar-refractivity contribution < 1.29 is 4.79 Å². The van der Waals surface area contributed by atoms with Crippen LogP contribution in [0.5, 0.6) is 0 Å². The van der Waals surface area contributed by atoms with Crippen molar-refractivity contribution in [3.8, 4) is 0 Å². The summed E-state index contributed by atoms with van der Waals surface area (Å²) >= 11 is 4.61. The lowest BCUT2D eigenvalue weighted by Gasteiger charge is -2.05. The van der Waals surface area contributed by atoms with Crippen molar-refractivity contribution in [2.75, 3.05) is 11.9 Å². The molecule has 0 aliphatic heterocycles. The zero-order valence-corrected chi connectivity index (χ0v) is 8.30. The Morgan fingerprint density at radius 2 is 2.00 bits per heavy atom. The van der Waals surface area contributed by atoms with E-state index < -0.39 is 0 Å². The lowest BCUT2D eigenvalue weighted by Crippen LogP contribution is -2.35. The largest absolute Gasteiger partial charge is 0.392 e. The van der Waals surface area contributed by atoms with E-state index in [0.29, 0.717) is 0 Å². The first-order valence-corrected chi connectivity index (χ1v) is 4.47. The number of nitrogens with two attached hydrogens (primary N) is 1. The predicted molar refractivity (Wildman–Crippen MR) is 60.2 cm³/mol. The van der Waals surface area contributed by atoms with Crippen molar-refractivity contribution in [1.82, 2.24) is 5.32 Å². The number of rotatable bonds is 3. The molecule has 74 valence electrons. The zero-order chi connectivity index (χ0) is 10.4. The Bertz CT molecular complexity index is 326. The maximum Gasteiger partial charge on any atom is 0.319 e. The second kappa shape index (κ2) is 5.18. The van der Waals surface area contributed by atoms with E-state index >= 15 is 0 Å². The first-order valence-electron chi connectivity index (χ1n) is 4.06. The number of nitrogens with one attached hydrogen (secondary N) is 2. The Labute approximate surface area is 87.5 Å². The summed E-state index contributed by atoms with van der Waals surface area (Å²) in [6, 6.07) is 8.81. The van der Waals surface area contributed by atoms with Crippen LogP contribution in [-0.2, 0) is 0 Å². The molecule has 4 nitrogen and oxygen atoms in total. The van der Waals surface area contributed by atoms with Crippen LogP contribution in [0.25, 0.3) is 0 Å². The molecule has 0 bridgehead atoms. The second-order valence-corrected chi connectivity index (χ2v) is 3.16. The minimum atomic E-state index is -0.316. The van der Waals surface area contributed by atoms with Gasteiger partial charge in [-0.3, -0.25) is 0 Å². The normalized spacial score (nSPS) is 9.14. The highest BCUT2D eigenvalue weighted by atomic mass is 32.1. The van der Waals surface area contributed by atoms with Gasteiger partial charge in [-0.2, -0.15) is 0 Å². The molecule has 14 heavy (non-hydrogen) atoms. The number of carbonyl (C=O) groups excluding carboxylic acids is 1. The van der Waals surface area contributed by atoms with Gasteiger partial charge in [0.2, 0.25) is 0 Å². The van der Waals surface area contributed by atoms with E-state index in [0.717, 1.165) is 5.69 Å². The molecule has 2 amide bonds. The first kappa shape index (κ1) is 10.5. The molecule has 0 aliphatic carbocycles. The quantitative estimate of drug-likeness (QED) is 0.653. The van der Waals surface area contributed by atoms with Crippen LogP contribution >= 0.6 is 12.2 Å². The molecule has 0 atom stereocenters.